The van der Waals surface area contributed by atoms with Crippen molar-refractivity contribution in [1.29, 1.82) is 0 Å². The second-order valence-corrected chi connectivity index (χ2v) is 7.22. The summed E-state index contributed by atoms with van der Waals surface area (Å²) in [6.07, 6.45) is 5.67. The van der Waals surface area contributed by atoms with Crippen LogP contribution in [-0.2, 0) is 0 Å². The van der Waals surface area contributed by atoms with E-state index in [0.717, 1.165) is 6.54 Å². The Hall–Kier alpha value is -0.0800. The molecule has 0 amide bonds. The van der Waals surface area contributed by atoms with Gasteiger partial charge in [-0.15, -0.1) is 0 Å². The Balaban J connectivity index is 2.48. The van der Waals surface area contributed by atoms with Gasteiger partial charge in [0.15, 0.2) is 0 Å². The molecule has 1 aliphatic rings. The first kappa shape index (κ1) is 15.0. The maximum atomic E-state index is 3.57. The van der Waals surface area contributed by atoms with Gasteiger partial charge in [0.05, 0.1) is 0 Å². The molecule has 0 spiro atoms. The molecule has 0 saturated heterocycles. The Bertz CT molecular complexity index is 211. The molecular weight excluding hydrogens is 208 g/mol. The summed E-state index contributed by atoms with van der Waals surface area (Å²) in [7, 11) is 2.29. The Kier molecular flexibility index (Phi) is 5.46. The smallest absolute Gasteiger partial charge is 0.00473 e. The lowest BCUT2D eigenvalue weighted by atomic mass is 9.84. The van der Waals surface area contributed by atoms with Crippen molar-refractivity contribution in [1.82, 2.24) is 10.2 Å². The molecule has 17 heavy (non-hydrogen) atoms. The predicted octanol–water partition coefficient (Wildman–Crippen LogP) is 3.13. The van der Waals surface area contributed by atoms with E-state index in [1.165, 1.54) is 45.3 Å². The molecule has 0 aromatic carbocycles. The molecule has 2 nitrogen and oxygen atoms in total. The lowest BCUT2D eigenvalue weighted by molar-refractivity contribution is 0.138. The van der Waals surface area contributed by atoms with Gasteiger partial charge in [-0.3, -0.25) is 0 Å². The highest BCUT2D eigenvalue weighted by Crippen LogP contribution is 2.38. The molecule has 0 radical (unpaired) electrons. The van der Waals surface area contributed by atoms with Gasteiger partial charge in [0, 0.05) is 19.6 Å². The molecule has 1 saturated carbocycles. The van der Waals surface area contributed by atoms with Gasteiger partial charge >= 0.3 is 0 Å². The van der Waals surface area contributed by atoms with Crippen LogP contribution in [-0.4, -0.2) is 38.1 Å². The maximum absolute atomic E-state index is 3.57. The lowest BCUT2D eigenvalue weighted by Crippen LogP contribution is -2.43. The number of hydrogen-bond acceptors (Lipinski definition) is 2. The molecular formula is C15H32N2. The summed E-state index contributed by atoms with van der Waals surface area (Å²) in [5.74, 6) is 0. The van der Waals surface area contributed by atoms with E-state index in [4.69, 9.17) is 0 Å². The van der Waals surface area contributed by atoms with Gasteiger partial charge in [0.2, 0.25) is 0 Å². The molecule has 0 aromatic heterocycles. The third kappa shape index (κ3) is 5.39. The largest absolute Gasteiger partial charge is 0.316 e. The van der Waals surface area contributed by atoms with E-state index in [9.17, 15) is 0 Å². The van der Waals surface area contributed by atoms with Crippen molar-refractivity contribution < 1.29 is 0 Å². The van der Waals surface area contributed by atoms with Crippen LogP contribution in [0.4, 0.5) is 0 Å². The van der Waals surface area contributed by atoms with Crippen molar-refractivity contribution in [2.45, 2.75) is 53.4 Å². The topological polar surface area (TPSA) is 15.3 Å². The third-order valence-electron chi connectivity index (χ3n) is 3.76. The van der Waals surface area contributed by atoms with E-state index in [1.807, 2.05) is 0 Å². The highest BCUT2D eigenvalue weighted by molar-refractivity contribution is 4.89. The van der Waals surface area contributed by atoms with Crippen molar-refractivity contribution in [3.63, 3.8) is 0 Å². The lowest BCUT2D eigenvalue weighted by Gasteiger charge is -2.36. The first-order chi connectivity index (χ1) is 7.87. The van der Waals surface area contributed by atoms with Crippen LogP contribution >= 0.6 is 0 Å². The molecule has 1 rings (SSSR count). The Morgan fingerprint density at radius 2 is 1.76 bits per heavy atom. The molecule has 1 N–H and O–H groups in total. The molecule has 0 atom stereocenters. The van der Waals surface area contributed by atoms with Gasteiger partial charge < -0.3 is 10.2 Å². The number of hydrogen-bond donors (Lipinski definition) is 1. The zero-order valence-corrected chi connectivity index (χ0v) is 12.6. The van der Waals surface area contributed by atoms with Crippen LogP contribution in [0, 0.1) is 10.8 Å². The highest BCUT2D eigenvalue weighted by Gasteiger charge is 2.34. The van der Waals surface area contributed by atoms with E-state index in [2.05, 4.69) is 45.0 Å². The van der Waals surface area contributed by atoms with Crippen LogP contribution in [0.1, 0.15) is 53.4 Å². The fourth-order valence-corrected chi connectivity index (χ4v) is 3.34. The summed E-state index contributed by atoms with van der Waals surface area (Å²) in [6.45, 7) is 14.0. The molecule has 2 heteroatoms. The minimum atomic E-state index is 0.409. The Morgan fingerprint density at radius 1 is 1.18 bits per heavy atom. The number of rotatable bonds is 6. The minimum Gasteiger partial charge on any atom is -0.316 e. The predicted molar refractivity (Wildman–Crippen MR) is 76.4 cm³/mol. The number of nitrogens with one attached hydrogen (secondary N) is 1. The second kappa shape index (κ2) is 6.19. The fourth-order valence-electron chi connectivity index (χ4n) is 3.34. The summed E-state index contributed by atoms with van der Waals surface area (Å²) >= 11 is 0. The molecule has 0 unspecified atom stereocenters. The zero-order chi connectivity index (χ0) is 12.9. The van der Waals surface area contributed by atoms with E-state index >= 15 is 0 Å². The zero-order valence-electron chi connectivity index (χ0n) is 12.6. The van der Waals surface area contributed by atoms with E-state index in [0.29, 0.717) is 10.8 Å². The first-order valence-corrected chi connectivity index (χ1v) is 7.26. The maximum Gasteiger partial charge on any atom is 0.00473 e. The number of nitrogens with zero attached hydrogens (tertiary/aromatic N) is 1. The summed E-state index contributed by atoms with van der Waals surface area (Å²) in [6, 6.07) is 0. The summed E-state index contributed by atoms with van der Waals surface area (Å²) in [4.78, 5) is 2.54. The van der Waals surface area contributed by atoms with Gasteiger partial charge in [-0.1, -0.05) is 40.5 Å². The van der Waals surface area contributed by atoms with Crippen molar-refractivity contribution >= 4 is 0 Å². The van der Waals surface area contributed by atoms with Crippen LogP contribution in [0.25, 0.3) is 0 Å². The van der Waals surface area contributed by atoms with Crippen LogP contribution in [0.3, 0.4) is 0 Å². The normalized spacial score (nSPS) is 20.1. The minimum absolute atomic E-state index is 0.409. The standard InChI is InChI=1S/C15H32N2/c1-6-16-11-15(9-7-8-10-15)13-17(5)12-14(2,3)4/h16H,6-13H2,1-5H3. The van der Waals surface area contributed by atoms with Crippen molar-refractivity contribution in [3.05, 3.63) is 0 Å². The molecule has 0 aliphatic heterocycles. The van der Waals surface area contributed by atoms with E-state index < -0.39 is 0 Å². The summed E-state index contributed by atoms with van der Waals surface area (Å²) < 4.78 is 0. The average Bonchev–Trinajstić information content (AvgIpc) is 2.60. The summed E-state index contributed by atoms with van der Waals surface area (Å²) in [5.41, 5.74) is 0.961. The molecule has 1 fully saturated rings. The SMILES string of the molecule is CCNCC1(CN(C)CC(C)(C)C)CCCC1. The van der Waals surface area contributed by atoms with Crippen molar-refractivity contribution in [2.75, 3.05) is 33.2 Å². The molecule has 102 valence electrons. The molecule has 0 heterocycles. The summed E-state index contributed by atoms with van der Waals surface area (Å²) in [5, 5.41) is 3.57. The van der Waals surface area contributed by atoms with Crippen LogP contribution in [0.5, 0.6) is 0 Å². The third-order valence-corrected chi connectivity index (χ3v) is 3.76. The van der Waals surface area contributed by atoms with Crippen LogP contribution < -0.4 is 5.32 Å². The highest BCUT2D eigenvalue weighted by atomic mass is 15.1. The average molecular weight is 240 g/mol. The van der Waals surface area contributed by atoms with Gasteiger partial charge in [-0.25, -0.2) is 0 Å². The van der Waals surface area contributed by atoms with E-state index in [1.54, 1.807) is 0 Å². The van der Waals surface area contributed by atoms with Gasteiger partial charge in [-0.2, -0.15) is 0 Å². The van der Waals surface area contributed by atoms with Gasteiger partial charge in [-0.05, 0) is 37.3 Å². The van der Waals surface area contributed by atoms with Crippen molar-refractivity contribution in [3.8, 4) is 0 Å². The molecule has 0 bridgehead atoms. The first-order valence-electron chi connectivity index (χ1n) is 7.26. The van der Waals surface area contributed by atoms with Crippen LogP contribution in [0.15, 0.2) is 0 Å². The van der Waals surface area contributed by atoms with Gasteiger partial charge in [0.25, 0.3) is 0 Å². The van der Waals surface area contributed by atoms with Gasteiger partial charge in [0.1, 0.15) is 0 Å². The quantitative estimate of drug-likeness (QED) is 0.767. The Labute approximate surface area is 108 Å². The van der Waals surface area contributed by atoms with Crippen LogP contribution in [0.2, 0.25) is 0 Å². The van der Waals surface area contributed by atoms with E-state index in [-0.39, 0.29) is 0 Å². The fraction of sp³-hybridized carbons (Fsp3) is 1.00. The Morgan fingerprint density at radius 3 is 2.24 bits per heavy atom. The second-order valence-electron chi connectivity index (χ2n) is 7.22. The monoisotopic (exact) mass is 240 g/mol. The molecule has 0 aromatic rings. The van der Waals surface area contributed by atoms with Crippen molar-refractivity contribution in [2.24, 2.45) is 10.8 Å². The molecule has 1 aliphatic carbocycles.